The van der Waals surface area contributed by atoms with Crippen LogP contribution in [0.4, 0.5) is 69.3 Å². The predicted molar refractivity (Wildman–Crippen MR) is 288 cm³/mol. The first kappa shape index (κ1) is 53.1. The number of nitrogens with one attached hydrogen (secondary N) is 6. The van der Waals surface area contributed by atoms with Crippen LogP contribution in [0.2, 0.25) is 0 Å². The standard InChI is InChI=1S/C54H42N10O6S2.2Na.2H/c65-71(66,67)47-31-45(57-51-33-49(55-41-15-3-1-4-16-41)61-53(63-51)59-43-25-21-35-11-7-9-13-39(35)29-43)27-23-37(47)19-20-38-24-28-46(32-48(38)72(68,69)70)58-52-34-50(56-42-17-5-2-6-18-42)62-54(64-52)60-44-26-22-36-12-8-10-14-40(36)30-44;;;;/h1-34H,(H,65,66,67)(H,68,69,70)(H3,55,57,59,61,63)(H3,56,58,60,62,64);;;;/q;2*+1;2*-1. The minimum atomic E-state index is -4.85. The second-order valence-electron chi connectivity index (χ2n) is 16.3. The Kier molecular flexibility index (Phi) is 16.7. The predicted octanol–water partition coefficient (Wildman–Crippen LogP) is 6.93. The number of benzene rings is 8. The normalized spacial score (nSPS) is 11.3. The van der Waals surface area contributed by atoms with Gasteiger partial charge in [0, 0.05) is 46.3 Å². The number of anilines is 12. The summed E-state index contributed by atoms with van der Waals surface area (Å²) in [5.41, 5.74) is 3.54. The smallest absolute Gasteiger partial charge is 1.00 e. The van der Waals surface area contributed by atoms with Gasteiger partial charge in [-0.25, -0.2) is 0 Å². The largest absolute Gasteiger partial charge is 1.00 e. The SMILES string of the molecule is O=S(=O)(O)c1cc(Nc2cc(Nc3ccccc3)nc(Nc3ccc4ccccc4c3)n2)ccc1C=Cc1ccc(Nc2cc(Nc3ccccc3)nc(Nc3ccc4ccccc4c3)n2)cc1S(=O)(=O)O.[H-].[H-].[Na+].[Na+]. The van der Waals surface area contributed by atoms with E-state index >= 15 is 0 Å². The number of hydrogen-bond acceptors (Lipinski definition) is 14. The molecule has 2 heterocycles. The third-order valence-electron chi connectivity index (χ3n) is 11.1. The number of para-hydroxylation sites is 2. The molecule has 20 heteroatoms. The van der Waals surface area contributed by atoms with E-state index in [2.05, 4.69) is 51.8 Å². The molecule has 0 atom stereocenters. The van der Waals surface area contributed by atoms with Gasteiger partial charge in [-0.1, -0.05) is 121 Å². The third-order valence-corrected chi connectivity index (χ3v) is 12.9. The van der Waals surface area contributed by atoms with Crippen molar-refractivity contribution in [3.05, 3.63) is 205 Å². The summed E-state index contributed by atoms with van der Waals surface area (Å²) >= 11 is 0. The monoisotopic (exact) mass is 1040 g/mol. The summed E-state index contributed by atoms with van der Waals surface area (Å²) in [6.45, 7) is 0. The Labute approximate surface area is 473 Å². The van der Waals surface area contributed by atoms with Crippen molar-refractivity contribution in [1.82, 2.24) is 19.9 Å². The molecule has 360 valence electrons. The molecular weight excluding hydrogens is 995 g/mol. The van der Waals surface area contributed by atoms with Gasteiger partial charge in [-0.05, 0) is 105 Å². The van der Waals surface area contributed by atoms with Crippen LogP contribution < -0.4 is 91.0 Å². The van der Waals surface area contributed by atoms with Gasteiger partial charge in [0.2, 0.25) is 11.9 Å². The van der Waals surface area contributed by atoms with Crippen LogP contribution in [-0.4, -0.2) is 45.9 Å². The fourth-order valence-corrected chi connectivity index (χ4v) is 9.23. The summed E-state index contributed by atoms with van der Waals surface area (Å²) in [6, 6.07) is 58.1. The molecule has 0 aliphatic carbocycles. The van der Waals surface area contributed by atoms with Crippen LogP contribution in [0.25, 0.3) is 33.7 Å². The molecule has 74 heavy (non-hydrogen) atoms. The molecule has 0 saturated heterocycles. The Morgan fingerprint density at radius 2 is 0.649 bits per heavy atom. The van der Waals surface area contributed by atoms with Gasteiger partial charge >= 0.3 is 59.1 Å². The molecule has 0 spiro atoms. The van der Waals surface area contributed by atoms with E-state index in [0.717, 1.165) is 44.3 Å². The molecule has 0 radical (unpaired) electrons. The van der Waals surface area contributed by atoms with Crippen LogP contribution in [0.5, 0.6) is 0 Å². The van der Waals surface area contributed by atoms with Crippen molar-refractivity contribution in [3.63, 3.8) is 0 Å². The third kappa shape index (κ3) is 13.5. The van der Waals surface area contributed by atoms with E-state index in [1.807, 2.05) is 146 Å². The average molecular weight is 1040 g/mol. The van der Waals surface area contributed by atoms with Crippen LogP contribution >= 0.6 is 0 Å². The minimum absolute atomic E-state index is 0. The Morgan fingerprint density at radius 1 is 0.338 bits per heavy atom. The number of fused-ring (bicyclic) bond motifs is 2. The second kappa shape index (κ2) is 23.3. The van der Waals surface area contributed by atoms with Gasteiger partial charge in [-0.15, -0.1) is 0 Å². The molecule has 8 N–H and O–H groups in total. The maximum atomic E-state index is 12.9. The van der Waals surface area contributed by atoms with Gasteiger partial charge in [-0.2, -0.15) is 36.8 Å². The zero-order chi connectivity index (χ0) is 49.7. The molecule has 0 fully saturated rings. The van der Waals surface area contributed by atoms with Crippen molar-refractivity contribution < 1.29 is 87.9 Å². The maximum absolute atomic E-state index is 12.9. The quantitative estimate of drug-likeness (QED) is 0.0279. The molecule has 0 aliphatic heterocycles. The van der Waals surface area contributed by atoms with Gasteiger partial charge in [0.15, 0.2) is 0 Å². The van der Waals surface area contributed by atoms with Crippen LogP contribution in [0, 0.1) is 0 Å². The molecule has 0 saturated carbocycles. The molecule has 16 nitrogen and oxygen atoms in total. The second-order valence-corrected chi connectivity index (χ2v) is 19.1. The fraction of sp³-hybridized carbons (Fsp3) is 0. The molecule has 0 amide bonds. The summed E-state index contributed by atoms with van der Waals surface area (Å²) in [5.74, 6) is 1.89. The van der Waals surface area contributed by atoms with Crippen molar-refractivity contribution in [2.75, 3.05) is 31.9 Å². The zero-order valence-electron chi connectivity index (χ0n) is 41.8. The molecular formula is C54H44N10Na2O6S2. The summed E-state index contributed by atoms with van der Waals surface area (Å²) in [4.78, 5) is 17.7. The van der Waals surface area contributed by atoms with Crippen LogP contribution in [-0.2, 0) is 20.2 Å². The van der Waals surface area contributed by atoms with Crippen molar-refractivity contribution in [2.45, 2.75) is 9.79 Å². The molecule has 0 aliphatic rings. The van der Waals surface area contributed by atoms with Gasteiger partial charge in [0.05, 0.1) is 0 Å². The Morgan fingerprint density at radius 3 is 1.01 bits per heavy atom. The van der Waals surface area contributed by atoms with E-state index < -0.39 is 30.0 Å². The van der Waals surface area contributed by atoms with Crippen molar-refractivity contribution >= 4 is 123 Å². The summed E-state index contributed by atoms with van der Waals surface area (Å²) in [6.07, 6.45) is 2.64. The van der Waals surface area contributed by atoms with Crippen LogP contribution in [0.3, 0.4) is 0 Å². The summed E-state index contributed by atoms with van der Waals surface area (Å²) in [5, 5.41) is 23.5. The zero-order valence-corrected chi connectivity index (χ0v) is 45.4. The van der Waals surface area contributed by atoms with Crippen molar-refractivity contribution in [2.24, 2.45) is 0 Å². The summed E-state index contributed by atoms with van der Waals surface area (Å²) < 4.78 is 72.6. The van der Waals surface area contributed by atoms with Crippen LogP contribution in [0.1, 0.15) is 14.0 Å². The fourth-order valence-electron chi connectivity index (χ4n) is 7.82. The van der Waals surface area contributed by atoms with Gasteiger partial charge in [0.1, 0.15) is 33.1 Å². The molecule has 0 unspecified atom stereocenters. The molecule has 2 aromatic heterocycles. The summed E-state index contributed by atoms with van der Waals surface area (Å²) in [7, 11) is -9.71. The Balaban J connectivity index is 0.00000234. The van der Waals surface area contributed by atoms with E-state index in [-0.39, 0.29) is 108 Å². The van der Waals surface area contributed by atoms with E-state index in [1.54, 1.807) is 24.3 Å². The molecule has 10 aromatic rings. The first-order valence-electron chi connectivity index (χ1n) is 22.2. The number of aromatic nitrogens is 4. The van der Waals surface area contributed by atoms with Gasteiger partial charge in [0.25, 0.3) is 20.2 Å². The van der Waals surface area contributed by atoms with E-state index in [9.17, 15) is 25.9 Å². The van der Waals surface area contributed by atoms with E-state index in [1.165, 1.54) is 36.4 Å². The van der Waals surface area contributed by atoms with Crippen LogP contribution in [0.15, 0.2) is 204 Å². The van der Waals surface area contributed by atoms with Crippen molar-refractivity contribution in [1.29, 1.82) is 0 Å². The topological polar surface area (TPSA) is 232 Å². The molecule has 0 bridgehead atoms. The minimum Gasteiger partial charge on any atom is -1.00 e. The molecule has 8 aromatic carbocycles. The first-order chi connectivity index (χ1) is 34.8. The first-order valence-corrected chi connectivity index (χ1v) is 25.1. The average Bonchev–Trinajstić information content (AvgIpc) is 3.36. The Bertz CT molecular complexity index is 3680. The Hall–Kier alpha value is -7.20. The van der Waals surface area contributed by atoms with E-state index in [4.69, 9.17) is 0 Å². The van der Waals surface area contributed by atoms with Gasteiger partial charge < -0.3 is 34.8 Å². The number of nitrogens with zero attached hydrogens (tertiary/aromatic N) is 4. The van der Waals surface area contributed by atoms with Gasteiger partial charge in [-0.3, -0.25) is 9.11 Å². The van der Waals surface area contributed by atoms with Crippen molar-refractivity contribution in [3.8, 4) is 0 Å². The number of rotatable bonds is 16. The van der Waals surface area contributed by atoms with E-state index in [0.29, 0.717) is 11.6 Å². The maximum Gasteiger partial charge on any atom is 1.00 e. The molecule has 10 rings (SSSR count). The number of hydrogen-bond donors (Lipinski definition) is 8.